The van der Waals surface area contributed by atoms with Crippen molar-refractivity contribution in [1.82, 2.24) is 10.2 Å². The summed E-state index contributed by atoms with van der Waals surface area (Å²) >= 11 is 0. The number of furan rings is 1. The smallest absolute Gasteiger partial charge is 0.411 e. The third-order valence-corrected chi connectivity index (χ3v) is 6.21. The molecule has 4 rings (SSSR count). The number of ether oxygens (including phenoxy) is 1. The van der Waals surface area contributed by atoms with E-state index in [-0.39, 0.29) is 18.4 Å². The minimum atomic E-state index is -0.930. The molecule has 2 aliphatic rings. The van der Waals surface area contributed by atoms with E-state index in [1.165, 1.54) is 17.2 Å². The lowest BCUT2D eigenvalue weighted by Gasteiger charge is -2.35. The fourth-order valence-electron chi connectivity index (χ4n) is 4.82. The Labute approximate surface area is 192 Å². The second kappa shape index (κ2) is 8.89. The Hall–Kier alpha value is -3.34. The molecule has 1 aromatic carbocycles. The molecule has 2 aromatic rings. The molecule has 174 valence electrons. The second-order valence-electron chi connectivity index (χ2n) is 9.74. The van der Waals surface area contributed by atoms with Crippen LogP contribution >= 0.6 is 0 Å². The van der Waals surface area contributed by atoms with E-state index in [1.54, 1.807) is 45.0 Å². The van der Waals surface area contributed by atoms with Crippen molar-refractivity contribution in [2.24, 2.45) is 5.92 Å². The van der Waals surface area contributed by atoms with Gasteiger partial charge in [-0.25, -0.2) is 9.18 Å². The van der Waals surface area contributed by atoms with Crippen LogP contribution in [0, 0.1) is 23.1 Å². The highest BCUT2D eigenvalue weighted by atomic mass is 19.1. The summed E-state index contributed by atoms with van der Waals surface area (Å²) in [6.45, 7) is 5.35. The van der Waals surface area contributed by atoms with Crippen molar-refractivity contribution < 1.29 is 23.1 Å². The topological polar surface area (TPSA) is 95.6 Å². The van der Waals surface area contributed by atoms with E-state index in [0.29, 0.717) is 16.9 Å². The van der Waals surface area contributed by atoms with Gasteiger partial charge in [0.05, 0.1) is 12.3 Å². The molecule has 7 nitrogen and oxygen atoms in total. The van der Waals surface area contributed by atoms with Crippen LogP contribution in [0.2, 0.25) is 0 Å². The summed E-state index contributed by atoms with van der Waals surface area (Å²) in [6, 6.07) is 8.52. The number of nitrogens with zero attached hydrogens (tertiary/aromatic N) is 2. The molecule has 0 spiro atoms. The van der Waals surface area contributed by atoms with Crippen molar-refractivity contribution in [3.05, 3.63) is 48.0 Å². The summed E-state index contributed by atoms with van der Waals surface area (Å²) in [5, 5.41) is 12.4. The van der Waals surface area contributed by atoms with E-state index < -0.39 is 35.5 Å². The number of nitrogens with one attached hydrogen (secondary N) is 1. The number of likely N-dealkylation sites (tertiary alicyclic amines) is 1. The van der Waals surface area contributed by atoms with E-state index in [2.05, 4.69) is 5.32 Å². The van der Waals surface area contributed by atoms with E-state index in [1.807, 2.05) is 6.07 Å². The molecule has 4 unspecified atom stereocenters. The monoisotopic (exact) mass is 453 g/mol. The first kappa shape index (κ1) is 22.8. The van der Waals surface area contributed by atoms with Crippen molar-refractivity contribution >= 4 is 12.0 Å². The largest absolute Gasteiger partial charge is 0.464 e. The number of nitriles is 1. The molecule has 1 aliphatic heterocycles. The Morgan fingerprint density at radius 3 is 2.76 bits per heavy atom. The van der Waals surface area contributed by atoms with E-state index in [9.17, 15) is 19.2 Å². The van der Waals surface area contributed by atoms with Crippen LogP contribution in [-0.4, -0.2) is 40.6 Å². The van der Waals surface area contributed by atoms with Gasteiger partial charge in [0.1, 0.15) is 29.3 Å². The lowest BCUT2D eigenvalue weighted by molar-refractivity contribution is -0.128. The van der Waals surface area contributed by atoms with Gasteiger partial charge in [-0.1, -0.05) is 12.1 Å². The van der Waals surface area contributed by atoms with Crippen LogP contribution in [0.25, 0.3) is 11.3 Å². The summed E-state index contributed by atoms with van der Waals surface area (Å²) < 4.78 is 25.5. The molecule has 2 heterocycles. The molecule has 33 heavy (non-hydrogen) atoms. The molecule has 4 atom stereocenters. The van der Waals surface area contributed by atoms with Gasteiger partial charge in [0.15, 0.2) is 0 Å². The molecule has 2 bridgehead atoms. The molecular formula is C25H28FN3O4. The molecule has 1 saturated heterocycles. The molecular weight excluding hydrogens is 425 g/mol. The number of piperidine rings is 1. The fourth-order valence-corrected chi connectivity index (χ4v) is 4.82. The van der Waals surface area contributed by atoms with Crippen LogP contribution in [0.1, 0.15) is 45.6 Å². The second-order valence-corrected chi connectivity index (χ2v) is 9.74. The van der Waals surface area contributed by atoms with Crippen LogP contribution < -0.4 is 5.32 Å². The van der Waals surface area contributed by atoms with Crippen LogP contribution in [0.3, 0.4) is 0 Å². The first-order valence-electron chi connectivity index (χ1n) is 11.2. The van der Waals surface area contributed by atoms with Gasteiger partial charge in [-0.3, -0.25) is 9.69 Å². The predicted octanol–water partition coefficient (Wildman–Crippen LogP) is 4.42. The van der Waals surface area contributed by atoms with Gasteiger partial charge in [-0.05, 0) is 69.7 Å². The number of carbonyl (C=O) groups is 2. The molecule has 2 amide bonds. The molecule has 1 saturated carbocycles. The number of rotatable bonds is 5. The van der Waals surface area contributed by atoms with Crippen molar-refractivity contribution in [3.63, 3.8) is 0 Å². The first-order chi connectivity index (χ1) is 15.7. The average Bonchev–Trinajstić information content (AvgIpc) is 3.50. The Balaban J connectivity index is 1.45. The van der Waals surface area contributed by atoms with Crippen molar-refractivity contribution in [2.45, 2.75) is 70.2 Å². The van der Waals surface area contributed by atoms with Crippen LogP contribution in [0.5, 0.6) is 0 Å². The Morgan fingerprint density at radius 2 is 2.12 bits per heavy atom. The zero-order valence-corrected chi connectivity index (χ0v) is 19.0. The lowest BCUT2D eigenvalue weighted by atomic mass is 9.97. The maximum atomic E-state index is 14.7. The van der Waals surface area contributed by atoms with Crippen molar-refractivity contribution in [1.29, 1.82) is 5.26 Å². The summed E-state index contributed by atoms with van der Waals surface area (Å²) in [7, 11) is 0. The number of carbonyl (C=O) groups excluding carboxylic acids is 2. The van der Waals surface area contributed by atoms with E-state index >= 15 is 0 Å². The Kier molecular flexibility index (Phi) is 6.15. The molecule has 1 aliphatic carbocycles. The maximum Gasteiger partial charge on any atom is 0.411 e. The quantitative estimate of drug-likeness (QED) is 0.723. The molecule has 2 fully saturated rings. The standard InChI is InChI=1S/C25H28FN3O4/c1-25(2,3)33-24(31)29-19-9-8-17(12-19)22(29)23(30)28-18(14-27)11-15-6-7-16(13-20(15)26)21-5-4-10-32-21/h4-7,10,13,17-19,22H,8-9,11-12H2,1-3H3,(H,28,30). The fraction of sp³-hybridized carbons (Fsp3) is 0.480. The van der Waals surface area contributed by atoms with Gasteiger partial charge in [0.2, 0.25) is 5.91 Å². The van der Waals surface area contributed by atoms with Gasteiger partial charge < -0.3 is 14.5 Å². The maximum absolute atomic E-state index is 14.7. The summed E-state index contributed by atoms with van der Waals surface area (Å²) in [5.41, 5.74) is 0.233. The predicted molar refractivity (Wildman–Crippen MR) is 118 cm³/mol. The van der Waals surface area contributed by atoms with Gasteiger partial charge in [0.25, 0.3) is 0 Å². The molecule has 1 aromatic heterocycles. The van der Waals surface area contributed by atoms with Crippen LogP contribution in [-0.2, 0) is 16.0 Å². The van der Waals surface area contributed by atoms with Gasteiger partial charge in [-0.15, -0.1) is 0 Å². The normalized spacial score (nSPS) is 22.6. The number of benzene rings is 1. The van der Waals surface area contributed by atoms with Gasteiger partial charge in [-0.2, -0.15) is 5.26 Å². The lowest BCUT2D eigenvalue weighted by Crippen LogP contribution is -2.55. The summed E-state index contributed by atoms with van der Waals surface area (Å²) in [4.78, 5) is 27.5. The SMILES string of the molecule is CC(C)(C)OC(=O)N1C2CCC(C2)C1C(=O)NC(C#N)Cc1ccc(-c2ccco2)cc1F. The molecule has 8 heteroatoms. The Morgan fingerprint density at radius 1 is 1.33 bits per heavy atom. The average molecular weight is 454 g/mol. The van der Waals surface area contributed by atoms with Crippen molar-refractivity contribution in [2.75, 3.05) is 0 Å². The Bertz CT molecular complexity index is 1070. The minimum absolute atomic E-state index is 0.0137. The highest BCUT2D eigenvalue weighted by molar-refractivity contribution is 5.87. The van der Waals surface area contributed by atoms with Gasteiger partial charge >= 0.3 is 6.09 Å². The minimum Gasteiger partial charge on any atom is -0.464 e. The van der Waals surface area contributed by atoms with Crippen LogP contribution in [0.15, 0.2) is 41.0 Å². The number of halogens is 1. The number of hydrogen-bond donors (Lipinski definition) is 1. The number of hydrogen-bond acceptors (Lipinski definition) is 5. The number of amides is 2. The zero-order valence-electron chi connectivity index (χ0n) is 19.0. The van der Waals surface area contributed by atoms with E-state index in [4.69, 9.17) is 9.15 Å². The molecule has 0 radical (unpaired) electrons. The number of fused-ring (bicyclic) bond motifs is 2. The highest BCUT2D eigenvalue weighted by Crippen LogP contribution is 2.43. The third-order valence-electron chi connectivity index (χ3n) is 6.21. The summed E-state index contributed by atoms with van der Waals surface area (Å²) in [5.74, 6) is -0.295. The van der Waals surface area contributed by atoms with E-state index in [0.717, 1.165) is 19.3 Å². The van der Waals surface area contributed by atoms with Crippen molar-refractivity contribution in [3.8, 4) is 17.4 Å². The highest BCUT2D eigenvalue weighted by Gasteiger charge is 2.52. The molecule has 1 N–H and O–H groups in total. The van der Waals surface area contributed by atoms with Gasteiger partial charge in [0, 0.05) is 18.0 Å². The first-order valence-corrected chi connectivity index (χ1v) is 11.2. The zero-order chi connectivity index (χ0) is 23.8. The van der Waals surface area contributed by atoms with Crippen LogP contribution in [0.4, 0.5) is 9.18 Å². The third kappa shape index (κ3) is 4.87. The summed E-state index contributed by atoms with van der Waals surface area (Å²) in [6.07, 6.45) is 3.45.